The van der Waals surface area contributed by atoms with Gasteiger partial charge in [-0.05, 0) is 53.9 Å². The fourth-order valence-electron chi connectivity index (χ4n) is 3.51. The van der Waals surface area contributed by atoms with Crippen molar-refractivity contribution >= 4 is 23.2 Å². The van der Waals surface area contributed by atoms with E-state index in [1.165, 1.54) is 0 Å². The Morgan fingerprint density at radius 1 is 0.591 bits per heavy atom. The van der Waals surface area contributed by atoms with Crippen molar-refractivity contribution in [2.24, 2.45) is 0 Å². The van der Waals surface area contributed by atoms with E-state index in [-0.39, 0.29) is 0 Å². The molecule has 0 aromatic heterocycles. The molecule has 4 unspecified atom stereocenters. The standard InChI is InChI=1S/C16H32Cl2N4/c1-15(17)16(2,18)22-10-6-8-19(3)11-13-21(15)9-5-7-20(4)12-14-22/h5-14H2,1-4H3. The Hall–Kier alpha value is 0.420. The molecule has 4 nitrogen and oxygen atoms in total. The summed E-state index contributed by atoms with van der Waals surface area (Å²) >= 11 is 14.1. The second-order valence-electron chi connectivity index (χ2n) is 7.19. The Bertz CT molecular complexity index is 328. The zero-order valence-corrected chi connectivity index (χ0v) is 16.1. The quantitative estimate of drug-likeness (QED) is 0.490. The molecule has 0 aromatic rings. The van der Waals surface area contributed by atoms with Gasteiger partial charge in [-0.3, -0.25) is 9.80 Å². The van der Waals surface area contributed by atoms with Crippen molar-refractivity contribution in [3.63, 3.8) is 0 Å². The fourth-order valence-corrected chi connectivity index (χ4v) is 4.09. The highest BCUT2D eigenvalue weighted by molar-refractivity contribution is 6.34. The van der Waals surface area contributed by atoms with Gasteiger partial charge in [-0.2, -0.15) is 0 Å². The number of halogens is 2. The molecule has 2 aliphatic rings. The second-order valence-corrected chi connectivity index (χ2v) is 8.67. The molecule has 2 bridgehead atoms. The largest absolute Gasteiger partial charge is 0.305 e. The lowest BCUT2D eigenvalue weighted by Gasteiger charge is -2.52. The second kappa shape index (κ2) is 7.54. The molecule has 0 radical (unpaired) electrons. The average Bonchev–Trinajstić information content (AvgIpc) is 2.43. The lowest BCUT2D eigenvalue weighted by Crippen LogP contribution is -2.65. The molecule has 2 aliphatic heterocycles. The van der Waals surface area contributed by atoms with Crippen LogP contribution in [0.2, 0.25) is 0 Å². The van der Waals surface area contributed by atoms with Gasteiger partial charge in [0.1, 0.15) is 10.00 Å². The number of alkyl halides is 2. The van der Waals surface area contributed by atoms with Crippen LogP contribution in [0.4, 0.5) is 0 Å². The molecular weight excluding hydrogens is 319 g/mol. The van der Waals surface area contributed by atoms with Gasteiger partial charge in [-0.25, -0.2) is 0 Å². The van der Waals surface area contributed by atoms with Crippen LogP contribution in [0.5, 0.6) is 0 Å². The smallest absolute Gasteiger partial charge is 0.126 e. The van der Waals surface area contributed by atoms with Crippen LogP contribution < -0.4 is 0 Å². The van der Waals surface area contributed by atoms with Gasteiger partial charge in [0, 0.05) is 39.3 Å². The Morgan fingerprint density at radius 3 is 1.32 bits per heavy atom. The van der Waals surface area contributed by atoms with Gasteiger partial charge >= 0.3 is 0 Å². The summed E-state index contributed by atoms with van der Waals surface area (Å²) in [7, 11) is 4.41. The molecule has 2 saturated heterocycles. The van der Waals surface area contributed by atoms with E-state index in [4.69, 9.17) is 23.2 Å². The normalized spacial score (nSPS) is 43.9. The van der Waals surface area contributed by atoms with Crippen LogP contribution >= 0.6 is 23.2 Å². The van der Waals surface area contributed by atoms with Gasteiger partial charge in [-0.1, -0.05) is 23.2 Å². The van der Waals surface area contributed by atoms with Crippen LogP contribution in [0.3, 0.4) is 0 Å². The zero-order valence-electron chi connectivity index (χ0n) is 14.6. The Kier molecular flexibility index (Phi) is 6.43. The van der Waals surface area contributed by atoms with Gasteiger partial charge in [0.15, 0.2) is 0 Å². The highest BCUT2D eigenvalue weighted by Crippen LogP contribution is 2.41. The maximum Gasteiger partial charge on any atom is 0.126 e. The van der Waals surface area contributed by atoms with Crippen molar-refractivity contribution in [3.8, 4) is 0 Å². The first-order valence-corrected chi connectivity index (χ1v) is 9.26. The van der Waals surface area contributed by atoms with Gasteiger partial charge in [0.2, 0.25) is 0 Å². The van der Waals surface area contributed by atoms with Gasteiger partial charge in [0.25, 0.3) is 0 Å². The number of hydrogen-bond acceptors (Lipinski definition) is 4. The minimum Gasteiger partial charge on any atom is -0.305 e. The van der Waals surface area contributed by atoms with Crippen molar-refractivity contribution in [1.82, 2.24) is 19.6 Å². The molecule has 0 aromatic carbocycles. The molecule has 130 valence electrons. The SMILES string of the molecule is CN1CCCN2CCN(C)CCCN(CC1)C(C)(Cl)C2(C)Cl. The summed E-state index contributed by atoms with van der Waals surface area (Å²) in [5.74, 6) is 0. The zero-order chi connectivity index (χ0) is 16.4. The average molecular weight is 351 g/mol. The van der Waals surface area contributed by atoms with E-state index >= 15 is 0 Å². The monoisotopic (exact) mass is 350 g/mol. The summed E-state index contributed by atoms with van der Waals surface area (Å²) < 4.78 is 0. The van der Waals surface area contributed by atoms with Gasteiger partial charge in [-0.15, -0.1) is 0 Å². The predicted molar refractivity (Wildman–Crippen MR) is 95.9 cm³/mol. The lowest BCUT2D eigenvalue weighted by atomic mass is 10.0. The Balaban J connectivity index is 2.32. The molecule has 0 spiro atoms. The van der Waals surface area contributed by atoms with Crippen LogP contribution in [0.1, 0.15) is 26.7 Å². The summed E-state index contributed by atoms with van der Waals surface area (Å²) in [5, 5.41) is 0. The lowest BCUT2D eigenvalue weighted by molar-refractivity contribution is 0.0156. The van der Waals surface area contributed by atoms with Crippen molar-refractivity contribution in [1.29, 1.82) is 0 Å². The minimum absolute atomic E-state index is 0.567. The summed E-state index contributed by atoms with van der Waals surface area (Å²) in [6.07, 6.45) is 2.27. The van der Waals surface area contributed by atoms with E-state index in [9.17, 15) is 0 Å². The first-order valence-electron chi connectivity index (χ1n) is 8.50. The van der Waals surface area contributed by atoms with E-state index in [1.54, 1.807) is 0 Å². The molecule has 2 fully saturated rings. The van der Waals surface area contributed by atoms with E-state index in [2.05, 4.69) is 47.5 Å². The number of fused-ring (bicyclic) bond motifs is 3. The minimum atomic E-state index is -0.567. The van der Waals surface area contributed by atoms with Crippen molar-refractivity contribution < 1.29 is 0 Å². The van der Waals surface area contributed by atoms with Crippen LogP contribution in [-0.4, -0.2) is 96.0 Å². The van der Waals surface area contributed by atoms with E-state index < -0.39 is 10.00 Å². The Labute approximate surface area is 146 Å². The molecule has 0 amide bonds. The first kappa shape index (κ1) is 18.8. The first-order chi connectivity index (χ1) is 10.2. The fraction of sp³-hybridized carbons (Fsp3) is 1.00. The maximum absolute atomic E-state index is 7.07. The summed E-state index contributed by atoms with van der Waals surface area (Å²) in [6, 6.07) is 0. The predicted octanol–water partition coefficient (Wildman–Crippen LogP) is 2.17. The highest BCUT2D eigenvalue weighted by atomic mass is 35.5. The summed E-state index contributed by atoms with van der Waals surface area (Å²) in [5.41, 5.74) is 0. The van der Waals surface area contributed by atoms with Crippen LogP contribution in [0, 0.1) is 0 Å². The number of likely N-dealkylation sites (N-methyl/N-ethyl adjacent to an activating group) is 2. The molecule has 2 heterocycles. The van der Waals surface area contributed by atoms with Crippen molar-refractivity contribution in [3.05, 3.63) is 0 Å². The van der Waals surface area contributed by atoms with E-state index in [0.29, 0.717) is 0 Å². The van der Waals surface area contributed by atoms with E-state index in [0.717, 1.165) is 65.2 Å². The van der Waals surface area contributed by atoms with Gasteiger partial charge < -0.3 is 9.80 Å². The Morgan fingerprint density at radius 2 is 0.955 bits per heavy atom. The molecule has 2 rings (SSSR count). The van der Waals surface area contributed by atoms with Crippen LogP contribution in [0.25, 0.3) is 0 Å². The van der Waals surface area contributed by atoms with Crippen LogP contribution in [0.15, 0.2) is 0 Å². The third kappa shape index (κ3) is 4.08. The molecule has 0 aliphatic carbocycles. The molecule has 6 heteroatoms. The number of rotatable bonds is 0. The summed E-state index contributed by atoms with van der Waals surface area (Å²) in [4.78, 5) is 8.45. The molecular formula is C16H32Cl2N4. The molecule has 4 atom stereocenters. The van der Waals surface area contributed by atoms with Crippen LogP contribution in [-0.2, 0) is 0 Å². The van der Waals surface area contributed by atoms with Gasteiger partial charge in [0.05, 0.1) is 0 Å². The summed E-state index contributed by atoms with van der Waals surface area (Å²) in [6.45, 7) is 12.5. The third-order valence-corrected chi connectivity index (χ3v) is 6.77. The third-order valence-electron chi connectivity index (χ3n) is 5.46. The van der Waals surface area contributed by atoms with Crippen molar-refractivity contribution in [2.45, 2.75) is 36.7 Å². The van der Waals surface area contributed by atoms with Crippen molar-refractivity contribution in [2.75, 3.05) is 66.5 Å². The highest BCUT2D eigenvalue weighted by Gasteiger charge is 2.50. The number of nitrogens with zero attached hydrogens (tertiary/aromatic N) is 4. The molecule has 0 N–H and O–H groups in total. The topological polar surface area (TPSA) is 13.0 Å². The van der Waals surface area contributed by atoms with E-state index in [1.807, 2.05) is 0 Å². The molecule has 22 heavy (non-hydrogen) atoms. The molecule has 0 saturated carbocycles. The maximum atomic E-state index is 7.07. The number of hydrogen-bond donors (Lipinski definition) is 0.